The smallest absolute Gasteiger partial charge is 0.185 e. The normalized spacial score (nSPS) is 27.6. The van der Waals surface area contributed by atoms with Crippen molar-refractivity contribution in [2.75, 3.05) is 26.1 Å². The van der Waals surface area contributed by atoms with Gasteiger partial charge in [0.15, 0.2) is 11.4 Å². The van der Waals surface area contributed by atoms with Crippen molar-refractivity contribution in [3.05, 3.63) is 0 Å². The second-order valence-electron chi connectivity index (χ2n) is 3.08. The number of carbonyl (C=O) groups excluding carboxylic acids is 1. The first-order valence-corrected chi connectivity index (χ1v) is 5.60. The van der Waals surface area contributed by atoms with Gasteiger partial charge in [-0.15, -0.1) is 0 Å². The first kappa shape index (κ1) is 12.0. The number of hydrogen-bond acceptors (Lipinski definition) is 5. The largest absolute Gasteiger partial charge is 0.371 e. The Hall–Kier alpha value is -0.100. The molecule has 0 N–H and O–H groups in total. The summed E-state index contributed by atoms with van der Waals surface area (Å²) in [5.74, 6) is 0.793. The third kappa shape index (κ3) is 4.41. The molecule has 1 heterocycles. The molecule has 1 aliphatic rings. The van der Waals surface area contributed by atoms with Crippen LogP contribution in [0, 0.1) is 0 Å². The average molecular weight is 220 g/mol. The molecule has 1 aliphatic heterocycles. The molecule has 1 fully saturated rings. The molecule has 0 bridgehead atoms. The van der Waals surface area contributed by atoms with E-state index in [0.717, 1.165) is 12.2 Å². The SMILES string of the molecule is COC1COC(CCSC(C)=O)CO1. The number of carbonyl (C=O) groups is 1. The van der Waals surface area contributed by atoms with Gasteiger partial charge in [-0.05, 0) is 6.42 Å². The van der Waals surface area contributed by atoms with Crippen molar-refractivity contribution in [2.45, 2.75) is 25.7 Å². The second-order valence-corrected chi connectivity index (χ2v) is 4.35. The highest BCUT2D eigenvalue weighted by atomic mass is 32.2. The van der Waals surface area contributed by atoms with Gasteiger partial charge in [0.05, 0.1) is 19.3 Å². The standard InChI is InChI=1S/C9H16O4S/c1-7(10)14-4-3-8-5-13-9(11-2)6-12-8/h8-9H,3-6H2,1-2H3. The maximum atomic E-state index is 10.7. The molecule has 1 rings (SSSR count). The Balaban J connectivity index is 2.07. The molecule has 4 nitrogen and oxygen atoms in total. The minimum absolute atomic E-state index is 0.105. The van der Waals surface area contributed by atoms with E-state index in [2.05, 4.69) is 0 Å². The zero-order valence-corrected chi connectivity index (χ0v) is 9.34. The van der Waals surface area contributed by atoms with Crippen molar-refractivity contribution < 1.29 is 19.0 Å². The summed E-state index contributed by atoms with van der Waals surface area (Å²) in [6.45, 7) is 2.60. The van der Waals surface area contributed by atoms with Gasteiger partial charge in [-0.1, -0.05) is 11.8 Å². The molecule has 5 heteroatoms. The van der Waals surface area contributed by atoms with Crippen molar-refractivity contribution in [1.82, 2.24) is 0 Å². The summed E-state index contributed by atoms with van der Waals surface area (Å²) in [6, 6.07) is 0. The highest BCUT2D eigenvalue weighted by Gasteiger charge is 2.21. The van der Waals surface area contributed by atoms with Crippen LogP contribution in [-0.2, 0) is 19.0 Å². The van der Waals surface area contributed by atoms with Gasteiger partial charge in [-0.2, -0.15) is 0 Å². The number of thioether (sulfide) groups is 1. The maximum Gasteiger partial charge on any atom is 0.185 e. The predicted molar refractivity (Wildman–Crippen MR) is 54.2 cm³/mol. The van der Waals surface area contributed by atoms with Gasteiger partial charge >= 0.3 is 0 Å². The van der Waals surface area contributed by atoms with Crippen LogP contribution in [0.15, 0.2) is 0 Å². The van der Waals surface area contributed by atoms with Gasteiger partial charge in [0, 0.05) is 19.8 Å². The zero-order valence-electron chi connectivity index (χ0n) is 8.52. The van der Waals surface area contributed by atoms with Gasteiger partial charge in [0.1, 0.15) is 0 Å². The second kappa shape index (κ2) is 6.40. The molecule has 0 aromatic carbocycles. The molecule has 0 spiro atoms. The summed E-state index contributed by atoms with van der Waals surface area (Å²) >= 11 is 1.33. The molecule has 14 heavy (non-hydrogen) atoms. The van der Waals surface area contributed by atoms with E-state index in [1.165, 1.54) is 11.8 Å². The van der Waals surface area contributed by atoms with Crippen LogP contribution in [0.5, 0.6) is 0 Å². The molecular weight excluding hydrogens is 204 g/mol. The molecule has 1 saturated heterocycles. The summed E-state index contributed by atoms with van der Waals surface area (Å²) in [5, 5.41) is 0.150. The number of rotatable bonds is 4. The Labute approximate surface area is 88.3 Å². The molecule has 0 saturated carbocycles. The van der Waals surface area contributed by atoms with E-state index in [9.17, 15) is 4.79 Å². The number of hydrogen-bond donors (Lipinski definition) is 0. The summed E-state index contributed by atoms with van der Waals surface area (Å²) in [4.78, 5) is 10.7. The van der Waals surface area contributed by atoms with Crippen molar-refractivity contribution in [3.8, 4) is 0 Å². The quantitative estimate of drug-likeness (QED) is 0.708. The Bertz CT molecular complexity index is 178. The monoisotopic (exact) mass is 220 g/mol. The number of ether oxygens (including phenoxy) is 3. The highest BCUT2D eigenvalue weighted by molar-refractivity contribution is 8.13. The lowest BCUT2D eigenvalue weighted by molar-refractivity contribution is -0.224. The molecular formula is C9H16O4S. The van der Waals surface area contributed by atoms with E-state index in [-0.39, 0.29) is 17.5 Å². The Morgan fingerprint density at radius 1 is 1.50 bits per heavy atom. The molecule has 0 radical (unpaired) electrons. The first-order chi connectivity index (χ1) is 6.72. The van der Waals surface area contributed by atoms with E-state index < -0.39 is 0 Å². The van der Waals surface area contributed by atoms with Crippen LogP contribution in [-0.4, -0.2) is 43.6 Å². The topological polar surface area (TPSA) is 44.8 Å². The third-order valence-corrected chi connectivity index (χ3v) is 2.79. The van der Waals surface area contributed by atoms with Gasteiger partial charge in [-0.3, -0.25) is 4.79 Å². The lowest BCUT2D eigenvalue weighted by Crippen LogP contribution is -2.36. The van der Waals surface area contributed by atoms with E-state index >= 15 is 0 Å². The minimum Gasteiger partial charge on any atom is -0.371 e. The van der Waals surface area contributed by atoms with Crippen LogP contribution >= 0.6 is 11.8 Å². The summed E-state index contributed by atoms with van der Waals surface area (Å²) in [5.41, 5.74) is 0. The Morgan fingerprint density at radius 3 is 2.79 bits per heavy atom. The van der Waals surface area contributed by atoms with E-state index in [1.54, 1.807) is 14.0 Å². The summed E-state index contributed by atoms with van der Waals surface area (Å²) in [7, 11) is 1.60. The van der Waals surface area contributed by atoms with Crippen LogP contribution in [0.4, 0.5) is 0 Å². The van der Waals surface area contributed by atoms with Gasteiger partial charge in [-0.25, -0.2) is 0 Å². The fourth-order valence-electron chi connectivity index (χ4n) is 1.16. The lowest BCUT2D eigenvalue weighted by atomic mass is 10.3. The van der Waals surface area contributed by atoms with Crippen molar-refractivity contribution in [2.24, 2.45) is 0 Å². The van der Waals surface area contributed by atoms with Gasteiger partial charge < -0.3 is 14.2 Å². The minimum atomic E-state index is -0.230. The fourth-order valence-corrected chi connectivity index (χ4v) is 1.83. The average Bonchev–Trinajstić information content (AvgIpc) is 2.18. The van der Waals surface area contributed by atoms with Crippen molar-refractivity contribution in [1.29, 1.82) is 0 Å². The molecule has 0 amide bonds. The molecule has 0 aromatic heterocycles. The number of methoxy groups -OCH3 is 1. The lowest BCUT2D eigenvalue weighted by Gasteiger charge is -2.28. The van der Waals surface area contributed by atoms with Crippen LogP contribution < -0.4 is 0 Å². The molecule has 2 unspecified atom stereocenters. The molecule has 0 aliphatic carbocycles. The molecule has 0 aromatic rings. The Kier molecular flexibility index (Phi) is 5.47. The van der Waals surface area contributed by atoms with Crippen LogP contribution in [0.25, 0.3) is 0 Å². The molecule has 2 atom stereocenters. The van der Waals surface area contributed by atoms with Crippen molar-refractivity contribution in [3.63, 3.8) is 0 Å². The van der Waals surface area contributed by atoms with Gasteiger partial charge in [0.2, 0.25) is 0 Å². The summed E-state index contributed by atoms with van der Waals surface area (Å²) < 4.78 is 15.8. The fraction of sp³-hybridized carbons (Fsp3) is 0.889. The Morgan fingerprint density at radius 2 is 2.29 bits per heavy atom. The van der Waals surface area contributed by atoms with Gasteiger partial charge in [0.25, 0.3) is 0 Å². The molecule has 82 valence electrons. The predicted octanol–water partition coefficient (Wildman–Crippen LogP) is 1.04. The zero-order chi connectivity index (χ0) is 10.4. The van der Waals surface area contributed by atoms with Crippen LogP contribution in [0.3, 0.4) is 0 Å². The van der Waals surface area contributed by atoms with E-state index in [0.29, 0.717) is 13.2 Å². The highest BCUT2D eigenvalue weighted by Crippen LogP contribution is 2.13. The van der Waals surface area contributed by atoms with Crippen LogP contribution in [0.1, 0.15) is 13.3 Å². The van der Waals surface area contributed by atoms with Crippen LogP contribution in [0.2, 0.25) is 0 Å². The third-order valence-electron chi connectivity index (χ3n) is 1.94. The van der Waals surface area contributed by atoms with Crippen molar-refractivity contribution >= 4 is 16.9 Å². The van der Waals surface area contributed by atoms with E-state index in [4.69, 9.17) is 14.2 Å². The van der Waals surface area contributed by atoms with E-state index in [1.807, 2.05) is 0 Å². The summed E-state index contributed by atoms with van der Waals surface area (Å²) in [6.07, 6.45) is 0.723. The maximum absolute atomic E-state index is 10.7. The first-order valence-electron chi connectivity index (χ1n) is 4.61.